The summed E-state index contributed by atoms with van der Waals surface area (Å²) in [5.74, 6) is -0.0907. The molecular weight excluding hydrogens is 337 g/mol. The van der Waals surface area contributed by atoms with Crippen LogP contribution in [0.2, 0.25) is 0 Å². The number of rotatable bonds is 6. The first-order chi connectivity index (χ1) is 11.8. The van der Waals surface area contributed by atoms with Crippen molar-refractivity contribution in [1.82, 2.24) is 5.32 Å². The summed E-state index contributed by atoms with van der Waals surface area (Å²) in [6.07, 6.45) is -3.36. The van der Waals surface area contributed by atoms with E-state index in [9.17, 15) is 18.0 Å². The highest BCUT2D eigenvalue weighted by Gasteiger charge is 2.38. The summed E-state index contributed by atoms with van der Waals surface area (Å²) in [5, 5.41) is 2.78. The van der Waals surface area contributed by atoms with Crippen LogP contribution in [0.15, 0.2) is 18.2 Å². The highest BCUT2D eigenvalue weighted by Crippen LogP contribution is 2.30. The van der Waals surface area contributed by atoms with Crippen molar-refractivity contribution in [1.29, 1.82) is 0 Å². The van der Waals surface area contributed by atoms with Crippen LogP contribution >= 0.6 is 0 Å². The fraction of sp³-hybridized carbons (Fsp3) is 0.588. The topological polar surface area (TPSA) is 73.6 Å². The number of benzene rings is 1. The Morgan fingerprint density at radius 2 is 2.04 bits per heavy atom. The molecule has 0 aromatic heterocycles. The van der Waals surface area contributed by atoms with Gasteiger partial charge in [0.15, 0.2) is 6.61 Å². The average molecular weight is 360 g/mol. The number of ether oxygens (including phenoxy) is 2. The van der Waals surface area contributed by atoms with Crippen molar-refractivity contribution < 1.29 is 27.4 Å². The van der Waals surface area contributed by atoms with E-state index in [1.807, 2.05) is 0 Å². The highest BCUT2D eigenvalue weighted by molar-refractivity contribution is 5.83. The Balaban J connectivity index is 2.05. The zero-order chi connectivity index (χ0) is 18.5. The first kappa shape index (κ1) is 19.5. The number of alkyl halides is 3. The molecule has 1 fully saturated rings. The molecule has 1 aromatic rings. The van der Waals surface area contributed by atoms with Gasteiger partial charge >= 0.3 is 6.18 Å². The lowest BCUT2D eigenvalue weighted by atomic mass is 9.79. The maximum Gasteiger partial charge on any atom is 0.422 e. The quantitative estimate of drug-likeness (QED) is 0.817. The van der Waals surface area contributed by atoms with E-state index < -0.39 is 18.2 Å². The van der Waals surface area contributed by atoms with E-state index >= 15 is 0 Å². The summed E-state index contributed by atoms with van der Waals surface area (Å²) in [7, 11) is 0. The van der Waals surface area contributed by atoms with Crippen molar-refractivity contribution in [2.24, 2.45) is 11.1 Å². The largest absolute Gasteiger partial charge is 0.484 e. The summed E-state index contributed by atoms with van der Waals surface area (Å²) in [6.45, 7) is 1.60. The van der Waals surface area contributed by atoms with E-state index in [0.29, 0.717) is 31.6 Å². The summed E-state index contributed by atoms with van der Waals surface area (Å²) in [6, 6.07) is 4.94. The molecule has 3 N–H and O–H groups in total. The van der Waals surface area contributed by atoms with Crippen LogP contribution in [0.3, 0.4) is 0 Å². The Labute approximate surface area is 144 Å². The molecule has 0 radical (unpaired) electrons. The van der Waals surface area contributed by atoms with Gasteiger partial charge in [-0.1, -0.05) is 12.1 Å². The molecule has 140 valence electrons. The third-order valence-corrected chi connectivity index (χ3v) is 4.38. The third kappa shape index (κ3) is 5.34. The highest BCUT2D eigenvalue weighted by atomic mass is 19.4. The summed E-state index contributed by atoms with van der Waals surface area (Å²) < 4.78 is 47.4. The van der Waals surface area contributed by atoms with Gasteiger partial charge in [0.2, 0.25) is 5.91 Å². The Morgan fingerprint density at radius 1 is 1.36 bits per heavy atom. The van der Waals surface area contributed by atoms with Gasteiger partial charge in [0.05, 0.1) is 5.41 Å². The third-order valence-electron chi connectivity index (χ3n) is 4.38. The van der Waals surface area contributed by atoms with E-state index in [2.05, 4.69) is 5.32 Å². The monoisotopic (exact) mass is 360 g/mol. The summed E-state index contributed by atoms with van der Waals surface area (Å²) in [4.78, 5) is 12.6. The Hall–Kier alpha value is -1.80. The SMILES string of the molecule is Cc1ccc(CNC(=O)C2(CN)CCOCC2)c(OCC(F)(F)F)c1. The molecule has 1 aromatic carbocycles. The number of carbonyl (C=O) groups excluding carboxylic acids is 1. The zero-order valence-corrected chi connectivity index (χ0v) is 14.1. The maximum absolute atomic E-state index is 12.6. The number of carbonyl (C=O) groups is 1. The van der Waals surface area contributed by atoms with Crippen LogP contribution in [0.4, 0.5) is 13.2 Å². The van der Waals surface area contributed by atoms with Gasteiger partial charge in [-0.15, -0.1) is 0 Å². The van der Waals surface area contributed by atoms with Gasteiger partial charge in [-0.2, -0.15) is 13.2 Å². The summed E-state index contributed by atoms with van der Waals surface area (Å²) in [5.41, 5.74) is 6.36. The molecule has 1 heterocycles. The molecule has 25 heavy (non-hydrogen) atoms. The zero-order valence-electron chi connectivity index (χ0n) is 14.1. The predicted molar refractivity (Wildman–Crippen MR) is 86.1 cm³/mol. The number of hydrogen-bond acceptors (Lipinski definition) is 4. The van der Waals surface area contributed by atoms with Gasteiger partial charge in [-0.3, -0.25) is 4.79 Å². The van der Waals surface area contributed by atoms with Crippen LogP contribution < -0.4 is 15.8 Å². The van der Waals surface area contributed by atoms with Crippen LogP contribution in [0, 0.1) is 12.3 Å². The molecule has 0 atom stereocenters. The lowest BCUT2D eigenvalue weighted by Crippen LogP contribution is -2.49. The van der Waals surface area contributed by atoms with Gasteiger partial charge in [-0.05, 0) is 31.4 Å². The molecule has 8 heteroatoms. The van der Waals surface area contributed by atoms with E-state index in [4.69, 9.17) is 15.2 Å². The smallest absolute Gasteiger partial charge is 0.422 e. The van der Waals surface area contributed by atoms with E-state index in [-0.39, 0.29) is 24.7 Å². The van der Waals surface area contributed by atoms with E-state index in [1.54, 1.807) is 19.1 Å². The van der Waals surface area contributed by atoms with Crippen LogP contribution in [0.25, 0.3) is 0 Å². The van der Waals surface area contributed by atoms with Gasteiger partial charge in [0, 0.05) is 31.9 Å². The van der Waals surface area contributed by atoms with Gasteiger partial charge in [0.1, 0.15) is 5.75 Å². The molecule has 2 rings (SSSR count). The number of nitrogens with two attached hydrogens (primary N) is 1. The van der Waals surface area contributed by atoms with Crippen LogP contribution in [-0.2, 0) is 16.1 Å². The molecule has 1 aliphatic heterocycles. The average Bonchev–Trinajstić information content (AvgIpc) is 2.58. The second-order valence-electron chi connectivity index (χ2n) is 6.29. The van der Waals surface area contributed by atoms with Gasteiger partial charge in [0.25, 0.3) is 0 Å². The molecule has 1 aliphatic rings. The number of hydrogen-bond donors (Lipinski definition) is 2. The van der Waals surface area contributed by atoms with Crippen molar-refractivity contribution in [3.8, 4) is 5.75 Å². The minimum Gasteiger partial charge on any atom is -0.484 e. The molecule has 0 bridgehead atoms. The minimum absolute atomic E-state index is 0.0783. The molecule has 0 unspecified atom stereocenters. The van der Waals surface area contributed by atoms with Gasteiger partial charge < -0.3 is 20.5 Å². The Kier molecular flexibility index (Phi) is 6.29. The van der Waals surface area contributed by atoms with Crippen LogP contribution in [0.1, 0.15) is 24.0 Å². The van der Waals surface area contributed by atoms with Gasteiger partial charge in [-0.25, -0.2) is 0 Å². The molecule has 0 saturated carbocycles. The fourth-order valence-electron chi connectivity index (χ4n) is 2.75. The molecule has 1 saturated heterocycles. The number of aryl methyl sites for hydroxylation is 1. The van der Waals surface area contributed by atoms with E-state index in [0.717, 1.165) is 5.56 Å². The minimum atomic E-state index is -4.42. The second kappa shape index (κ2) is 8.05. The first-order valence-corrected chi connectivity index (χ1v) is 8.11. The number of halogens is 3. The van der Waals surface area contributed by atoms with Crippen LogP contribution in [-0.4, -0.2) is 38.4 Å². The fourth-order valence-corrected chi connectivity index (χ4v) is 2.75. The Morgan fingerprint density at radius 3 is 2.64 bits per heavy atom. The normalized spacial score (nSPS) is 17.2. The lowest BCUT2D eigenvalue weighted by molar-refractivity contribution is -0.153. The standard InChI is InChI=1S/C17H23F3N2O3/c1-12-2-3-13(14(8-12)25-11-17(18,19)20)9-22-15(23)16(10-21)4-6-24-7-5-16/h2-3,8H,4-7,9-11,21H2,1H3,(H,22,23). The Bertz CT molecular complexity index is 599. The number of amides is 1. The van der Waals surface area contributed by atoms with Crippen LogP contribution in [0.5, 0.6) is 5.75 Å². The lowest BCUT2D eigenvalue weighted by Gasteiger charge is -2.34. The first-order valence-electron chi connectivity index (χ1n) is 8.11. The number of nitrogens with one attached hydrogen (secondary N) is 1. The second-order valence-corrected chi connectivity index (χ2v) is 6.29. The van der Waals surface area contributed by atoms with Crippen molar-refractivity contribution in [2.45, 2.75) is 32.5 Å². The van der Waals surface area contributed by atoms with Crippen molar-refractivity contribution in [2.75, 3.05) is 26.4 Å². The van der Waals surface area contributed by atoms with Crippen molar-refractivity contribution >= 4 is 5.91 Å². The summed E-state index contributed by atoms with van der Waals surface area (Å²) >= 11 is 0. The van der Waals surface area contributed by atoms with E-state index in [1.165, 1.54) is 6.07 Å². The van der Waals surface area contributed by atoms with Crippen molar-refractivity contribution in [3.05, 3.63) is 29.3 Å². The maximum atomic E-state index is 12.6. The van der Waals surface area contributed by atoms with Crippen molar-refractivity contribution in [3.63, 3.8) is 0 Å². The predicted octanol–water partition coefficient (Wildman–Crippen LogP) is 2.31. The molecular formula is C17H23F3N2O3. The molecule has 0 aliphatic carbocycles. The molecule has 1 amide bonds. The molecule has 5 nitrogen and oxygen atoms in total. The molecule has 0 spiro atoms.